The summed E-state index contributed by atoms with van der Waals surface area (Å²) >= 11 is 6.84. The van der Waals surface area contributed by atoms with Crippen LogP contribution >= 0.6 is 31.9 Å². The first-order valence-corrected chi connectivity index (χ1v) is 11.4. The molecule has 0 spiro atoms. The number of nitrogens with zero attached hydrogens (tertiary/aromatic N) is 3. The summed E-state index contributed by atoms with van der Waals surface area (Å²) in [6, 6.07) is 17.8. The minimum absolute atomic E-state index is 0.0959. The number of fused-ring (bicyclic) bond motifs is 2. The van der Waals surface area contributed by atoms with Crippen LogP contribution in [0.1, 0.15) is 5.56 Å². The SMILES string of the molecule is COc1cc(Br)cc(C=Nn2c(-c3cc4cc(Br)ccc4o3)nc3ccccc3c2=O)c1O. The van der Waals surface area contributed by atoms with E-state index in [1.807, 2.05) is 30.3 Å². The van der Waals surface area contributed by atoms with E-state index in [4.69, 9.17) is 9.15 Å². The van der Waals surface area contributed by atoms with Gasteiger partial charge < -0.3 is 14.3 Å². The topological polar surface area (TPSA) is 89.9 Å². The molecule has 33 heavy (non-hydrogen) atoms. The summed E-state index contributed by atoms with van der Waals surface area (Å²) in [5.74, 6) is 0.808. The van der Waals surface area contributed by atoms with Crippen LogP contribution in [-0.4, -0.2) is 28.1 Å². The van der Waals surface area contributed by atoms with Gasteiger partial charge in [-0.25, -0.2) is 4.98 Å². The summed E-state index contributed by atoms with van der Waals surface area (Å²) in [5.41, 5.74) is 1.17. The number of aromatic nitrogens is 2. The van der Waals surface area contributed by atoms with Gasteiger partial charge in [-0.15, -0.1) is 0 Å². The Morgan fingerprint density at radius 2 is 1.91 bits per heavy atom. The van der Waals surface area contributed by atoms with E-state index in [2.05, 4.69) is 41.9 Å². The van der Waals surface area contributed by atoms with Gasteiger partial charge in [0.05, 0.1) is 24.2 Å². The second kappa shape index (κ2) is 8.49. The van der Waals surface area contributed by atoms with Crippen molar-refractivity contribution in [1.29, 1.82) is 0 Å². The fourth-order valence-corrected chi connectivity index (χ4v) is 4.32. The number of halogens is 2. The Bertz CT molecular complexity index is 1620. The van der Waals surface area contributed by atoms with Gasteiger partial charge in [0.15, 0.2) is 17.3 Å². The Labute approximate surface area is 204 Å². The Balaban J connectivity index is 1.74. The average Bonchev–Trinajstić information content (AvgIpc) is 3.23. The standard InChI is InChI=1S/C24H15Br2N3O4/c1-32-20-11-16(26)9-14(22(20)30)12-27-29-23(28-18-5-3-2-4-17(18)24(29)31)21-10-13-8-15(25)6-7-19(13)33-21/h2-12,30H,1H3. The fourth-order valence-electron chi connectivity index (χ4n) is 3.48. The highest BCUT2D eigenvalue weighted by Crippen LogP contribution is 2.33. The molecule has 164 valence electrons. The molecule has 0 radical (unpaired) electrons. The Hall–Kier alpha value is -3.43. The maximum Gasteiger partial charge on any atom is 0.282 e. The van der Waals surface area contributed by atoms with Gasteiger partial charge >= 0.3 is 0 Å². The summed E-state index contributed by atoms with van der Waals surface area (Å²) in [4.78, 5) is 18.0. The van der Waals surface area contributed by atoms with Crippen molar-refractivity contribution >= 4 is 59.9 Å². The largest absolute Gasteiger partial charge is 0.504 e. The smallest absolute Gasteiger partial charge is 0.282 e. The molecule has 0 atom stereocenters. The second-order valence-electron chi connectivity index (χ2n) is 7.15. The van der Waals surface area contributed by atoms with Crippen molar-refractivity contribution < 1.29 is 14.3 Å². The van der Waals surface area contributed by atoms with Gasteiger partial charge in [-0.1, -0.05) is 44.0 Å². The van der Waals surface area contributed by atoms with Crippen molar-refractivity contribution in [2.24, 2.45) is 5.10 Å². The van der Waals surface area contributed by atoms with E-state index in [1.165, 1.54) is 18.0 Å². The normalized spacial score (nSPS) is 11.6. The van der Waals surface area contributed by atoms with E-state index < -0.39 is 0 Å². The molecule has 0 saturated carbocycles. The number of aromatic hydroxyl groups is 1. The first-order valence-electron chi connectivity index (χ1n) is 9.77. The van der Waals surface area contributed by atoms with Gasteiger partial charge in [0.25, 0.3) is 5.56 Å². The molecule has 1 N–H and O–H groups in total. The maximum atomic E-state index is 13.4. The molecule has 5 rings (SSSR count). The number of furan rings is 1. The molecular weight excluding hydrogens is 554 g/mol. The molecule has 0 fully saturated rings. The van der Waals surface area contributed by atoms with Crippen LogP contribution in [0, 0.1) is 0 Å². The third kappa shape index (κ3) is 3.94. The molecule has 0 saturated heterocycles. The summed E-state index contributed by atoms with van der Waals surface area (Å²) < 4.78 is 13.9. The number of rotatable bonds is 4. The lowest BCUT2D eigenvalue weighted by molar-refractivity contribution is 0.373. The first kappa shape index (κ1) is 21.4. The zero-order chi connectivity index (χ0) is 23.1. The molecule has 0 bridgehead atoms. The van der Waals surface area contributed by atoms with Crippen molar-refractivity contribution in [1.82, 2.24) is 9.66 Å². The molecule has 0 unspecified atom stereocenters. The lowest BCUT2D eigenvalue weighted by Crippen LogP contribution is -2.20. The minimum Gasteiger partial charge on any atom is -0.504 e. The number of para-hydroxylation sites is 1. The predicted octanol–water partition coefficient (Wildman–Crippen LogP) is 5.93. The van der Waals surface area contributed by atoms with Gasteiger partial charge in [-0.05, 0) is 48.5 Å². The van der Waals surface area contributed by atoms with Gasteiger partial charge in [-0.3, -0.25) is 4.79 Å². The lowest BCUT2D eigenvalue weighted by atomic mass is 10.2. The molecule has 9 heteroatoms. The first-order chi connectivity index (χ1) is 15.9. The number of benzene rings is 3. The quantitative estimate of drug-likeness (QED) is 0.271. The number of methoxy groups -OCH3 is 1. The average molecular weight is 569 g/mol. The summed E-state index contributed by atoms with van der Waals surface area (Å²) in [6.45, 7) is 0. The van der Waals surface area contributed by atoms with E-state index in [9.17, 15) is 9.90 Å². The van der Waals surface area contributed by atoms with Crippen molar-refractivity contribution in [3.63, 3.8) is 0 Å². The van der Waals surface area contributed by atoms with Crippen LogP contribution in [0.25, 0.3) is 33.5 Å². The van der Waals surface area contributed by atoms with Crippen molar-refractivity contribution in [2.75, 3.05) is 7.11 Å². The molecule has 7 nitrogen and oxygen atoms in total. The lowest BCUT2D eigenvalue weighted by Gasteiger charge is -2.09. The molecule has 0 aliphatic heterocycles. The molecule has 0 amide bonds. The maximum absolute atomic E-state index is 13.4. The van der Waals surface area contributed by atoms with E-state index in [1.54, 1.807) is 30.3 Å². The van der Waals surface area contributed by atoms with Crippen LogP contribution < -0.4 is 10.3 Å². The second-order valence-corrected chi connectivity index (χ2v) is 8.98. The van der Waals surface area contributed by atoms with Gasteiger partial charge in [0.1, 0.15) is 5.58 Å². The number of hydrogen-bond donors (Lipinski definition) is 1. The van der Waals surface area contributed by atoms with Crippen LogP contribution in [0.2, 0.25) is 0 Å². The molecule has 0 aliphatic carbocycles. The molecule has 3 aromatic carbocycles. The van der Waals surface area contributed by atoms with Crippen molar-refractivity contribution in [3.05, 3.63) is 85.5 Å². The van der Waals surface area contributed by atoms with Crippen LogP contribution in [0.3, 0.4) is 0 Å². The Morgan fingerprint density at radius 1 is 1.09 bits per heavy atom. The monoisotopic (exact) mass is 567 g/mol. The minimum atomic E-state index is -0.366. The zero-order valence-electron chi connectivity index (χ0n) is 17.1. The summed E-state index contributed by atoms with van der Waals surface area (Å²) in [5, 5.41) is 16.1. The highest BCUT2D eigenvalue weighted by atomic mass is 79.9. The van der Waals surface area contributed by atoms with Crippen LogP contribution in [0.15, 0.2) is 83.9 Å². The van der Waals surface area contributed by atoms with Gasteiger partial charge in [0.2, 0.25) is 5.82 Å². The van der Waals surface area contributed by atoms with Crippen molar-refractivity contribution in [3.8, 4) is 23.1 Å². The van der Waals surface area contributed by atoms with Crippen LogP contribution in [0.4, 0.5) is 0 Å². The third-order valence-electron chi connectivity index (χ3n) is 5.05. The summed E-state index contributed by atoms with van der Waals surface area (Å²) in [6.07, 6.45) is 1.38. The van der Waals surface area contributed by atoms with Gasteiger partial charge in [-0.2, -0.15) is 9.78 Å². The highest BCUT2D eigenvalue weighted by Gasteiger charge is 2.17. The van der Waals surface area contributed by atoms with E-state index in [-0.39, 0.29) is 22.9 Å². The Kier molecular flexibility index (Phi) is 5.51. The zero-order valence-corrected chi connectivity index (χ0v) is 20.3. The number of ether oxygens (including phenoxy) is 1. The van der Waals surface area contributed by atoms with E-state index in [0.717, 1.165) is 9.86 Å². The number of phenols is 1. The molecular formula is C24H15Br2N3O4. The molecule has 2 heterocycles. The van der Waals surface area contributed by atoms with E-state index >= 15 is 0 Å². The highest BCUT2D eigenvalue weighted by molar-refractivity contribution is 9.10. The number of hydrogen-bond acceptors (Lipinski definition) is 6. The molecule has 5 aromatic rings. The van der Waals surface area contributed by atoms with E-state index in [0.29, 0.717) is 32.3 Å². The van der Waals surface area contributed by atoms with Crippen LogP contribution in [0.5, 0.6) is 11.5 Å². The van der Waals surface area contributed by atoms with Crippen molar-refractivity contribution in [2.45, 2.75) is 0 Å². The predicted molar refractivity (Wildman–Crippen MR) is 134 cm³/mol. The summed E-state index contributed by atoms with van der Waals surface area (Å²) in [7, 11) is 1.46. The fraction of sp³-hybridized carbons (Fsp3) is 0.0417. The molecule has 2 aromatic heterocycles. The van der Waals surface area contributed by atoms with Crippen LogP contribution in [-0.2, 0) is 0 Å². The number of phenolic OH excluding ortho intramolecular Hbond substituents is 1. The third-order valence-corrected chi connectivity index (χ3v) is 6.01. The molecule has 0 aliphatic rings. The van der Waals surface area contributed by atoms with Gasteiger partial charge in [0, 0.05) is 19.9 Å². The Morgan fingerprint density at radius 3 is 2.73 bits per heavy atom.